The van der Waals surface area contributed by atoms with Crippen LogP contribution in [0.25, 0.3) is 0 Å². The number of nitrogens with zero attached hydrogens (tertiary/aromatic N) is 1. The minimum absolute atomic E-state index is 0.0928. The fourth-order valence-electron chi connectivity index (χ4n) is 3.36. The van der Waals surface area contributed by atoms with Crippen molar-refractivity contribution in [2.45, 2.75) is 83.3 Å². The van der Waals surface area contributed by atoms with Crippen LogP contribution in [0, 0.1) is 0 Å². The molecule has 1 unspecified atom stereocenters. The number of rotatable bonds is 6. The quantitative estimate of drug-likeness (QED) is 0.788. The summed E-state index contributed by atoms with van der Waals surface area (Å²) in [6.07, 6.45) is 7.90. The van der Waals surface area contributed by atoms with Gasteiger partial charge in [-0.05, 0) is 44.9 Å². The van der Waals surface area contributed by atoms with E-state index in [1.54, 1.807) is 0 Å². The molecule has 1 amide bonds. The summed E-state index contributed by atoms with van der Waals surface area (Å²) < 4.78 is 0. The second-order valence-electron chi connectivity index (χ2n) is 5.91. The minimum atomic E-state index is 0.0928. The summed E-state index contributed by atoms with van der Waals surface area (Å²) >= 11 is 0. The van der Waals surface area contributed by atoms with Gasteiger partial charge in [-0.2, -0.15) is 0 Å². The van der Waals surface area contributed by atoms with Crippen LogP contribution in [0.2, 0.25) is 0 Å². The first-order valence-corrected chi connectivity index (χ1v) is 7.74. The van der Waals surface area contributed by atoms with Crippen LogP contribution >= 0.6 is 0 Å². The molecule has 2 fully saturated rings. The summed E-state index contributed by atoms with van der Waals surface area (Å²) in [5.41, 5.74) is 0.0982. The highest BCUT2D eigenvalue weighted by Crippen LogP contribution is 2.32. The number of amides is 1. The summed E-state index contributed by atoms with van der Waals surface area (Å²) in [5.74, 6) is 0.360. The predicted molar refractivity (Wildman–Crippen MR) is 74.5 cm³/mol. The monoisotopic (exact) mass is 252 g/mol. The fraction of sp³-hybridized carbons (Fsp3) is 0.933. The van der Waals surface area contributed by atoms with Crippen molar-refractivity contribution >= 4 is 5.91 Å². The third kappa shape index (κ3) is 2.56. The molecule has 2 rings (SSSR count). The summed E-state index contributed by atoms with van der Waals surface area (Å²) in [6.45, 7) is 7.62. The Morgan fingerprint density at radius 3 is 2.28 bits per heavy atom. The molecule has 1 aliphatic carbocycles. The van der Waals surface area contributed by atoms with Gasteiger partial charge in [0.2, 0.25) is 5.91 Å². The summed E-state index contributed by atoms with van der Waals surface area (Å²) in [4.78, 5) is 14.9. The standard InChI is InChI=1S/C15H28N2O/c1-4-15(5-2,6-3)17-11-7-8-13(14(17)18)16-12-9-10-12/h12-13,16H,4-11H2,1-3H3. The molecule has 3 nitrogen and oxygen atoms in total. The van der Waals surface area contributed by atoms with E-state index in [1.165, 1.54) is 12.8 Å². The lowest BCUT2D eigenvalue weighted by Crippen LogP contribution is -2.59. The highest BCUT2D eigenvalue weighted by atomic mass is 16.2. The Hall–Kier alpha value is -0.570. The number of hydrogen-bond acceptors (Lipinski definition) is 2. The number of nitrogens with one attached hydrogen (secondary N) is 1. The van der Waals surface area contributed by atoms with E-state index in [-0.39, 0.29) is 11.6 Å². The maximum absolute atomic E-state index is 12.7. The van der Waals surface area contributed by atoms with E-state index in [9.17, 15) is 4.79 Å². The maximum atomic E-state index is 12.7. The Kier molecular flexibility index (Phi) is 4.31. The van der Waals surface area contributed by atoms with E-state index in [4.69, 9.17) is 0 Å². The third-order valence-electron chi connectivity index (χ3n) is 5.00. The number of carbonyl (C=O) groups is 1. The fourth-order valence-corrected chi connectivity index (χ4v) is 3.36. The van der Waals surface area contributed by atoms with Crippen LogP contribution in [-0.4, -0.2) is 35.0 Å². The molecule has 18 heavy (non-hydrogen) atoms. The zero-order chi connectivity index (χ0) is 13.2. The second kappa shape index (κ2) is 5.60. The van der Waals surface area contributed by atoms with E-state index < -0.39 is 0 Å². The Balaban J connectivity index is 2.08. The van der Waals surface area contributed by atoms with Crippen LogP contribution in [0.1, 0.15) is 65.7 Å². The first-order chi connectivity index (χ1) is 8.66. The van der Waals surface area contributed by atoms with Crippen molar-refractivity contribution in [3.8, 4) is 0 Å². The lowest BCUT2D eigenvalue weighted by molar-refractivity contribution is -0.144. The second-order valence-corrected chi connectivity index (χ2v) is 5.91. The predicted octanol–water partition coefficient (Wildman–Crippen LogP) is 2.70. The minimum Gasteiger partial charge on any atom is -0.336 e. The Morgan fingerprint density at radius 2 is 1.78 bits per heavy atom. The number of piperidine rings is 1. The summed E-state index contributed by atoms with van der Waals surface area (Å²) in [5, 5.41) is 3.53. The molecule has 0 aromatic heterocycles. The van der Waals surface area contributed by atoms with Crippen LogP contribution in [0.5, 0.6) is 0 Å². The van der Waals surface area contributed by atoms with Crippen molar-refractivity contribution in [3.63, 3.8) is 0 Å². The molecular weight excluding hydrogens is 224 g/mol. The van der Waals surface area contributed by atoms with Crippen LogP contribution in [0.4, 0.5) is 0 Å². The highest BCUT2D eigenvalue weighted by molar-refractivity contribution is 5.83. The van der Waals surface area contributed by atoms with Crippen molar-refractivity contribution in [1.82, 2.24) is 10.2 Å². The SMILES string of the molecule is CCC(CC)(CC)N1CCCC(NC2CC2)C1=O. The van der Waals surface area contributed by atoms with Crippen molar-refractivity contribution in [3.05, 3.63) is 0 Å². The normalized spacial score (nSPS) is 25.6. The van der Waals surface area contributed by atoms with E-state index in [0.29, 0.717) is 11.9 Å². The lowest BCUT2D eigenvalue weighted by atomic mass is 9.85. The van der Waals surface area contributed by atoms with Crippen LogP contribution in [0.3, 0.4) is 0 Å². The van der Waals surface area contributed by atoms with Crippen LogP contribution in [-0.2, 0) is 4.79 Å². The van der Waals surface area contributed by atoms with Crippen molar-refractivity contribution in [2.75, 3.05) is 6.54 Å². The highest BCUT2D eigenvalue weighted by Gasteiger charge is 2.41. The van der Waals surface area contributed by atoms with Gasteiger partial charge in [-0.25, -0.2) is 0 Å². The van der Waals surface area contributed by atoms with E-state index in [1.807, 2.05) is 0 Å². The first kappa shape index (κ1) is 13.9. The van der Waals surface area contributed by atoms with E-state index in [0.717, 1.165) is 38.6 Å². The molecule has 0 radical (unpaired) electrons. The van der Waals surface area contributed by atoms with Crippen molar-refractivity contribution < 1.29 is 4.79 Å². The average Bonchev–Trinajstić information content (AvgIpc) is 3.20. The molecule has 0 spiro atoms. The number of carbonyl (C=O) groups excluding carboxylic acids is 1. The van der Waals surface area contributed by atoms with Gasteiger partial charge in [0.25, 0.3) is 0 Å². The van der Waals surface area contributed by atoms with Gasteiger partial charge in [0.05, 0.1) is 6.04 Å². The number of likely N-dealkylation sites (tertiary alicyclic amines) is 1. The molecule has 1 saturated carbocycles. The first-order valence-electron chi connectivity index (χ1n) is 7.74. The molecule has 1 heterocycles. The van der Waals surface area contributed by atoms with Gasteiger partial charge in [0, 0.05) is 18.1 Å². The molecule has 1 atom stereocenters. The van der Waals surface area contributed by atoms with Gasteiger partial charge in [0.1, 0.15) is 0 Å². The Labute approximate surface area is 111 Å². The van der Waals surface area contributed by atoms with Gasteiger partial charge in [-0.3, -0.25) is 4.79 Å². The van der Waals surface area contributed by atoms with Crippen molar-refractivity contribution in [2.24, 2.45) is 0 Å². The molecule has 104 valence electrons. The molecule has 1 aliphatic heterocycles. The summed E-state index contributed by atoms with van der Waals surface area (Å²) in [6, 6.07) is 0.716. The van der Waals surface area contributed by atoms with E-state index >= 15 is 0 Å². The van der Waals surface area contributed by atoms with Gasteiger partial charge >= 0.3 is 0 Å². The molecule has 1 saturated heterocycles. The zero-order valence-corrected chi connectivity index (χ0v) is 12.2. The van der Waals surface area contributed by atoms with Crippen LogP contribution in [0.15, 0.2) is 0 Å². The van der Waals surface area contributed by atoms with Gasteiger partial charge in [-0.1, -0.05) is 20.8 Å². The topological polar surface area (TPSA) is 32.3 Å². The molecule has 0 aromatic carbocycles. The zero-order valence-electron chi connectivity index (χ0n) is 12.2. The molecule has 3 heteroatoms. The molecule has 0 bridgehead atoms. The van der Waals surface area contributed by atoms with Crippen LogP contribution < -0.4 is 5.32 Å². The third-order valence-corrected chi connectivity index (χ3v) is 5.00. The van der Waals surface area contributed by atoms with E-state index in [2.05, 4.69) is 31.0 Å². The largest absolute Gasteiger partial charge is 0.336 e. The number of hydrogen-bond donors (Lipinski definition) is 1. The van der Waals surface area contributed by atoms with Gasteiger partial charge in [-0.15, -0.1) is 0 Å². The smallest absolute Gasteiger partial charge is 0.240 e. The Morgan fingerprint density at radius 1 is 1.17 bits per heavy atom. The van der Waals surface area contributed by atoms with Crippen molar-refractivity contribution in [1.29, 1.82) is 0 Å². The van der Waals surface area contributed by atoms with Gasteiger partial charge in [0.15, 0.2) is 0 Å². The molecule has 1 N–H and O–H groups in total. The summed E-state index contributed by atoms with van der Waals surface area (Å²) in [7, 11) is 0. The molecular formula is C15H28N2O. The molecule has 0 aromatic rings. The average molecular weight is 252 g/mol. The van der Waals surface area contributed by atoms with Gasteiger partial charge < -0.3 is 10.2 Å². The maximum Gasteiger partial charge on any atom is 0.240 e. The molecule has 2 aliphatic rings. The lowest BCUT2D eigenvalue weighted by Gasteiger charge is -2.47. The Bertz CT molecular complexity index is 287.